The molecule has 1 aromatic rings. The number of aromatic nitrogens is 1. The molecule has 0 unspecified atom stereocenters. The molecule has 0 radical (unpaired) electrons. The summed E-state index contributed by atoms with van der Waals surface area (Å²) in [7, 11) is 0. The van der Waals surface area contributed by atoms with Gasteiger partial charge in [0.15, 0.2) is 0 Å². The Kier molecular flexibility index (Phi) is 7.11. The summed E-state index contributed by atoms with van der Waals surface area (Å²) in [6.07, 6.45) is 4.62. The summed E-state index contributed by atoms with van der Waals surface area (Å²) in [4.78, 5) is 4.28. The maximum Gasteiger partial charge on any atom is 0.0434 e. The smallest absolute Gasteiger partial charge is 0.0434 e. The second-order valence-electron chi connectivity index (χ2n) is 2.84. The first-order chi connectivity index (χ1) is 5.86. The number of pyridine rings is 1. The van der Waals surface area contributed by atoms with Crippen molar-refractivity contribution in [2.75, 3.05) is 6.61 Å². The molecule has 0 aliphatic rings. The third-order valence-electron chi connectivity index (χ3n) is 1.89. The van der Waals surface area contributed by atoms with E-state index in [-0.39, 0.29) is 27.7 Å². The van der Waals surface area contributed by atoms with E-state index in [4.69, 9.17) is 5.11 Å². The van der Waals surface area contributed by atoms with Crippen LogP contribution in [0.2, 0.25) is 0 Å². The number of nitrogens with zero attached hydrogens (tertiary/aromatic N) is 1. The quantitative estimate of drug-likeness (QED) is 0.895. The molecular weight excluding hydrogens is 334 g/mol. The SMILES string of the molecule is CCc1ccc(CCCO)nc1.[W]. The van der Waals surface area contributed by atoms with Crippen LogP contribution in [0.3, 0.4) is 0 Å². The molecule has 0 saturated carbocycles. The molecule has 0 atom stereocenters. The maximum absolute atomic E-state index is 8.60. The van der Waals surface area contributed by atoms with Gasteiger partial charge in [0.2, 0.25) is 0 Å². The van der Waals surface area contributed by atoms with Crippen LogP contribution in [0.15, 0.2) is 18.3 Å². The fourth-order valence-electron chi connectivity index (χ4n) is 1.07. The van der Waals surface area contributed by atoms with Crippen LogP contribution in [0.1, 0.15) is 24.6 Å². The van der Waals surface area contributed by atoms with Crippen molar-refractivity contribution in [3.63, 3.8) is 0 Å². The standard InChI is InChI=1S/C10H15NO.W/c1-2-9-5-6-10(11-8-9)4-3-7-12;/h5-6,8,12H,2-4,7H2,1H3;. The van der Waals surface area contributed by atoms with E-state index in [0.29, 0.717) is 0 Å². The average Bonchev–Trinajstić information content (AvgIpc) is 2.15. The molecule has 0 fully saturated rings. The first-order valence-electron chi connectivity index (χ1n) is 4.41. The molecule has 1 heterocycles. The maximum atomic E-state index is 8.60. The Morgan fingerprint density at radius 2 is 2.15 bits per heavy atom. The minimum Gasteiger partial charge on any atom is -0.396 e. The molecule has 0 spiro atoms. The molecular formula is C10H15NOW. The van der Waals surface area contributed by atoms with Crippen LogP contribution in [0.25, 0.3) is 0 Å². The van der Waals surface area contributed by atoms with E-state index < -0.39 is 0 Å². The minimum absolute atomic E-state index is 0. The third kappa shape index (κ3) is 4.54. The van der Waals surface area contributed by atoms with Gasteiger partial charge >= 0.3 is 0 Å². The number of hydrogen-bond acceptors (Lipinski definition) is 2. The fourth-order valence-corrected chi connectivity index (χ4v) is 1.07. The van der Waals surface area contributed by atoms with Gasteiger partial charge in [-0.3, -0.25) is 4.98 Å². The van der Waals surface area contributed by atoms with Crippen molar-refractivity contribution in [2.24, 2.45) is 0 Å². The van der Waals surface area contributed by atoms with Crippen molar-refractivity contribution in [3.05, 3.63) is 29.6 Å². The Hall–Kier alpha value is -0.202. The van der Waals surface area contributed by atoms with Crippen molar-refractivity contribution in [2.45, 2.75) is 26.2 Å². The van der Waals surface area contributed by atoms with E-state index in [1.165, 1.54) is 5.56 Å². The second kappa shape index (κ2) is 7.23. The molecule has 0 saturated heterocycles. The van der Waals surface area contributed by atoms with E-state index in [2.05, 4.69) is 18.0 Å². The van der Waals surface area contributed by atoms with E-state index >= 15 is 0 Å². The molecule has 0 amide bonds. The first-order valence-corrected chi connectivity index (χ1v) is 4.41. The topological polar surface area (TPSA) is 33.1 Å². The molecule has 1 rings (SSSR count). The Morgan fingerprint density at radius 3 is 2.62 bits per heavy atom. The van der Waals surface area contributed by atoms with Gasteiger partial charge < -0.3 is 5.11 Å². The van der Waals surface area contributed by atoms with Crippen molar-refractivity contribution < 1.29 is 26.2 Å². The monoisotopic (exact) mass is 349 g/mol. The molecule has 1 N–H and O–H groups in total. The second-order valence-corrected chi connectivity index (χ2v) is 2.84. The summed E-state index contributed by atoms with van der Waals surface area (Å²) in [6.45, 7) is 2.36. The van der Waals surface area contributed by atoms with Crippen molar-refractivity contribution in [1.82, 2.24) is 4.98 Å². The first kappa shape index (κ1) is 12.8. The Labute approximate surface area is 93.7 Å². The van der Waals surface area contributed by atoms with Crippen LogP contribution in [-0.2, 0) is 33.9 Å². The van der Waals surface area contributed by atoms with Crippen LogP contribution in [-0.4, -0.2) is 16.7 Å². The Bertz CT molecular complexity index is 223. The van der Waals surface area contributed by atoms with E-state index in [0.717, 1.165) is 25.0 Å². The molecule has 0 aliphatic heterocycles. The summed E-state index contributed by atoms with van der Waals surface area (Å²) in [6, 6.07) is 4.13. The van der Waals surface area contributed by atoms with Gasteiger partial charge in [0.1, 0.15) is 0 Å². The molecule has 1 aromatic heterocycles. The largest absolute Gasteiger partial charge is 0.396 e. The molecule has 0 aliphatic carbocycles. The van der Waals surface area contributed by atoms with Crippen LogP contribution in [0.4, 0.5) is 0 Å². The minimum atomic E-state index is 0. The molecule has 0 bridgehead atoms. The van der Waals surface area contributed by atoms with Gasteiger partial charge in [-0.25, -0.2) is 0 Å². The summed E-state index contributed by atoms with van der Waals surface area (Å²) in [5, 5.41) is 8.60. The predicted octanol–water partition coefficient (Wildman–Crippen LogP) is 1.57. The number of hydrogen-bond donors (Lipinski definition) is 1. The number of aliphatic hydroxyl groups excluding tert-OH is 1. The fraction of sp³-hybridized carbons (Fsp3) is 0.500. The van der Waals surface area contributed by atoms with Gasteiger partial charge in [-0.2, -0.15) is 0 Å². The third-order valence-corrected chi connectivity index (χ3v) is 1.89. The zero-order chi connectivity index (χ0) is 8.81. The Balaban J connectivity index is 0.00000144. The van der Waals surface area contributed by atoms with Crippen LogP contribution in [0, 0.1) is 0 Å². The van der Waals surface area contributed by atoms with Crippen molar-refractivity contribution >= 4 is 0 Å². The molecule has 2 nitrogen and oxygen atoms in total. The summed E-state index contributed by atoms with van der Waals surface area (Å²) in [5.41, 5.74) is 2.34. The van der Waals surface area contributed by atoms with Gasteiger partial charge in [0.05, 0.1) is 0 Å². The van der Waals surface area contributed by atoms with Crippen LogP contribution >= 0.6 is 0 Å². The van der Waals surface area contributed by atoms with Gasteiger partial charge in [-0.15, -0.1) is 0 Å². The zero-order valence-corrected chi connectivity index (χ0v) is 10.8. The van der Waals surface area contributed by atoms with Crippen LogP contribution in [0.5, 0.6) is 0 Å². The molecule has 72 valence electrons. The van der Waals surface area contributed by atoms with Crippen LogP contribution < -0.4 is 0 Å². The normalized spacial score (nSPS) is 9.38. The van der Waals surface area contributed by atoms with Gasteiger partial charge in [0, 0.05) is 39.6 Å². The molecule has 13 heavy (non-hydrogen) atoms. The summed E-state index contributed by atoms with van der Waals surface area (Å²) < 4.78 is 0. The predicted molar refractivity (Wildman–Crippen MR) is 49.0 cm³/mol. The summed E-state index contributed by atoms with van der Waals surface area (Å²) in [5.74, 6) is 0. The van der Waals surface area contributed by atoms with E-state index in [1.54, 1.807) is 0 Å². The van der Waals surface area contributed by atoms with E-state index in [9.17, 15) is 0 Å². The van der Waals surface area contributed by atoms with Gasteiger partial charge in [-0.05, 0) is 30.9 Å². The summed E-state index contributed by atoms with van der Waals surface area (Å²) >= 11 is 0. The zero-order valence-electron chi connectivity index (χ0n) is 7.86. The molecule has 0 aromatic carbocycles. The number of aryl methyl sites for hydroxylation is 2. The Morgan fingerprint density at radius 1 is 1.38 bits per heavy atom. The number of aliphatic hydroxyl groups is 1. The van der Waals surface area contributed by atoms with E-state index in [1.807, 2.05) is 12.3 Å². The number of rotatable bonds is 4. The van der Waals surface area contributed by atoms with Crippen molar-refractivity contribution in [1.29, 1.82) is 0 Å². The molecule has 3 heteroatoms. The van der Waals surface area contributed by atoms with Crippen molar-refractivity contribution in [3.8, 4) is 0 Å². The van der Waals surface area contributed by atoms with Gasteiger partial charge in [-0.1, -0.05) is 13.0 Å². The van der Waals surface area contributed by atoms with Gasteiger partial charge in [0.25, 0.3) is 0 Å². The average molecular weight is 349 g/mol.